The lowest BCUT2D eigenvalue weighted by atomic mass is 10.1. The van der Waals surface area contributed by atoms with Gasteiger partial charge in [0, 0.05) is 0 Å². The van der Waals surface area contributed by atoms with Gasteiger partial charge < -0.3 is 4.42 Å². The lowest BCUT2D eigenvalue weighted by Gasteiger charge is -2.07. The van der Waals surface area contributed by atoms with Crippen molar-refractivity contribution in [1.82, 2.24) is 14.8 Å². The van der Waals surface area contributed by atoms with Crippen molar-refractivity contribution in [3.63, 3.8) is 0 Å². The van der Waals surface area contributed by atoms with Gasteiger partial charge in [0.1, 0.15) is 0 Å². The molecule has 0 atom stereocenters. The molecule has 3 rings (SSSR count). The molecule has 0 amide bonds. The van der Waals surface area contributed by atoms with Gasteiger partial charge in [0.05, 0.1) is 12.0 Å². The molecule has 1 N–H and O–H groups in total. The second-order valence-corrected chi connectivity index (χ2v) is 4.90. The normalized spacial score (nSPS) is 10.8. The number of furan rings is 1. The van der Waals surface area contributed by atoms with E-state index in [1.807, 2.05) is 16.7 Å². The maximum absolute atomic E-state index is 5.41. The molecule has 0 aliphatic rings. The Labute approximate surface area is 115 Å². The number of aromatic nitrogens is 3. The maximum atomic E-state index is 5.41. The molecule has 96 valence electrons. The third-order valence-corrected chi connectivity index (χ3v) is 3.15. The highest BCUT2D eigenvalue weighted by Gasteiger charge is 2.13. The Morgan fingerprint density at radius 1 is 1.21 bits per heavy atom. The fraction of sp³-hybridized carbons (Fsp3) is 0.143. The SMILES string of the molecule is Cc1cc(C)cc(-n2c(-c3ccco3)n[nH]c2=S)c1. The van der Waals surface area contributed by atoms with Crippen LogP contribution in [0.3, 0.4) is 0 Å². The first-order chi connectivity index (χ1) is 9.15. The van der Waals surface area contributed by atoms with Crippen molar-refractivity contribution in [1.29, 1.82) is 0 Å². The molecule has 0 fully saturated rings. The molecule has 5 heteroatoms. The zero-order valence-electron chi connectivity index (χ0n) is 10.7. The second-order valence-electron chi connectivity index (χ2n) is 4.51. The van der Waals surface area contributed by atoms with Crippen LogP contribution in [0.4, 0.5) is 0 Å². The standard InChI is InChI=1S/C14H13N3OS/c1-9-6-10(2)8-11(7-9)17-13(15-16-14(17)19)12-4-3-5-18-12/h3-8H,1-2H3,(H,16,19). The average molecular weight is 271 g/mol. The van der Waals surface area contributed by atoms with E-state index in [-0.39, 0.29) is 0 Å². The minimum atomic E-state index is 0.552. The van der Waals surface area contributed by atoms with Gasteiger partial charge in [-0.2, -0.15) is 5.10 Å². The Morgan fingerprint density at radius 3 is 2.58 bits per heavy atom. The van der Waals surface area contributed by atoms with Gasteiger partial charge in [-0.15, -0.1) is 0 Å². The number of aromatic amines is 1. The number of benzene rings is 1. The second kappa shape index (κ2) is 4.51. The summed E-state index contributed by atoms with van der Waals surface area (Å²) >= 11 is 5.32. The molecular weight excluding hydrogens is 258 g/mol. The molecule has 0 unspecified atom stereocenters. The van der Waals surface area contributed by atoms with Crippen LogP contribution in [0.2, 0.25) is 0 Å². The van der Waals surface area contributed by atoms with Crippen LogP contribution in [-0.2, 0) is 0 Å². The lowest BCUT2D eigenvalue weighted by Crippen LogP contribution is -1.98. The van der Waals surface area contributed by atoms with E-state index in [1.165, 1.54) is 11.1 Å². The number of rotatable bonds is 2. The molecule has 0 saturated heterocycles. The van der Waals surface area contributed by atoms with Crippen molar-refractivity contribution in [3.05, 3.63) is 52.5 Å². The van der Waals surface area contributed by atoms with Crippen LogP contribution in [0.1, 0.15) is 11.1 Å². The Bertz CT molecular complexity index is 748. The van der Waals surface area contributed by atoms with E-state index < -0.39 is 0 Å². The zero-order chi connectivity index (χ0) is 13.4. The first-order valence-electron chi connectivity index (χ1n) is 5.95. The third-order valence-electron chi connectivity index (χ3n) is 2.88. The molecule has 2 heterocycles. The molecule has 0 aliphatic carbocycles. The summed E-state index contributed by atoms with van der Waals surface area (Å²) in [5.74, 6) is 1.37. The first-order valence-corrected chi connectivity index (χ1v) is 6.36. The topological polar surface area (TPSA) is 46.8 Å². The van der Waals surface area contributed by atoms with Crippen molar-refractivity contribution in [2.24, 2.45) is 0 Å². The number of hydrogen-bond donors (Lipinski definition) is 1. The smallest absolute Gasteiger partial charge is 0.202 e. The number of H-pyrrole nitrogens is 1. The predicted molar refractivity (Wildman–Crippen MR) is 75.9 cm³/mol. The monoisotopic (exact) mass is 271 g/mol. The van der Waals surface area contributed by atoms with Gasteiger partial charge >= 0.3 is 0 Å². The highest BCUT2D eigenvalue weighted by atomic mass is 32.1. The van der Waals surface area contributed by atoms with Crippen molar-refractivity contribution < 1.29 is 4.42 Å². The van der Waals surface area contributed by atoms with E-state index >= 15 is 0 Å². The highest BCUT2D eigenvalue weighted by Crippen LogP contribution is 2.23. The molecule has 2 aromatic heterocycles. The molecule has 3 aromatic rings. The summed E-state index contributed by atoms with van der Waals surface area (Å²) in [6.45, 7) is 4.12. The van der Waals surface area contributed by atoms with Crippen molar-refractivity contribution in [2.75, 3.05) is 0 Å². The van der Waals surface area contributed by atoms with Gasteiger partial charge in [-0.05, 0) is 61.5 Å². The van der Waals surface area contributed by atoms with E-state index in [1.54, 1.807) is 6.26 Å². The maximum Gasteiger partial charge on any atom is 0.202 e. The van der Waals surface area contributed by atoms with Crippen LogP contribution >= 0.6 is 12.2 Å². The van der Waals surface area contributed by atoms with Crippen LogP contribution in [0, 0.1) is 18.6 Å². The summed E-state index contributed by atoms with van der Waals surface area (Å²) in [7, 11) is 0. The summed E-state index contributed by atoms with van der Waals surface area (Å²) in [6, 6.07) is 9.97. The zero-order valence-corrected chi connectivity index (χ0v) is 11.5. The van der Waals surface area contributed by atoms with E-state index in [0.29, 0.717) is 16.4 Å². The molecule has 4 nitrogen and oxygen atoms in total. The first kappa shape index (κ1) is 11.9. The molecule has 0 radical (unpaired) electrons. The van der Waals surface area contributed by atoms with Gasteiger partial charge in [0.25, 0.3) is 0 Å². The van der Waals surface area contributed by atoms with E-state index in [2.05, 4.69) is 42.2 Å². The number of nitrogens with one attached hydrogen (secondary N) is 1. The Kier molecular flexibility index (Phi) is 2.83. The van der Waals surface area contributed by atoms with Gasteiger partial charge in [-0.1, -0.05) is 6.07 Å². The predicted octanol–water partition coefficient (Wildman–Crippen LogP) is 3.81. The summed E-state index contributed by atoms with van der Waals surface area (Å²) in [4.78, 5) is 0. The molecule has 0 aliphatic heterocycles. The fourth-order valence-corrected chi connectivity index (χ4v) is 2.42. The minimum absolute atomic E-state index is 0.552. The molecule has 19 heavy (non-hydrogen) atoms. The van der Waals surface area contributed by atoms with Gasteiger partial charge in [-0.25, -0.2) is 0 Å². The van der Waals surface area contributed by atoms with Gasteiger partial charge in [0.15, 0.2) is 10.5 Å². The van der Waals surface area contributed by atoms with Crippen molar-refractivity contribution in [2.45, 2.75) is 13.8 Å². The molecule has 0 bridgehead atoms. The Hall–Kier alpha value is -2.14. The van der Waals surface area contributed by atoms with Crippen LogP contribution in [0.25, 0.3) is 17.3 Å². The van der Waals surface area contributed by atoms with Crippen LogP contribution < -0.4 is 0 Å². The number of hydrogen-bond acceptors (Lipinski definition) is 3. The van der Waals surface area contributed by atoms with Crippen LogP contribution in [-0.4, -0.2) is 14.8 Å². The quantitative estimate of drug-likeness (QED) is 0.721. The fourth-order valence-electron chi connectivity index (χ4n) is 2.19. The van der Waals surface area contributed by atoms with E-state index in [4.69, 9.17) is 16.6 Å². The van der Waals surface area contributed by atoms with Crippen molar-refractivity contribution in [3.8, 4) is 17.3 Å². The number of aryl methyl sites for hydroxylation is 2. The highest BCUT2D eigenvalue weighted by molar-refractivity contribution is 7.71. The number of nitrogens with zero attached hydrogens (tertiary/aromatic N) is 2. The molecule has 1 aromatic carbocycles. The van der Waals surface area contributed by atoms with E-state index in [9.17, 15) is 0 Å². The summed E-state index contributed by atoms with van der Waals surface area (Å²) in [5, 5.41) is 7.06. The summed E-state index contributed by atoms with van der Waals surface area (Å²) in [6.07, 6.45) is 1.62. The Morgan fingerprint density at radius 2 is 1.95 bits per heavy atom. The molecular formula is C14H13N3OS. The molecule has 0 spiro atoms. The van der Waals surface area contributed by atoms with Crippen LogP contribution in [0.5, 0.6) is 0 Å². The van der Waals surface area contributed by atoms with Gasteiger partial charge in [-0.3, -0.25) is 9.67 Å². The van der Waals surface area contributed by atoms with Crippen molar-refractivity contribution >= 4 is 12.2 Å². The lowest BCUT2D eigenvalue weighted by molar-refractivity contribution is 0.575. The average Bonchev–Trinajstić information content (AvgIpc) is 2.95. The van der Waals surface area contributed by atoms with Crippen LogP contribution in [0.15, 0.2) is 41.0 Å². The molecule has 0 saturated carbocycles. The Balaban J connectivity index is 2.25. The summed E-state index contributed by atoms with van der Waals surface area (Å²) < 4.78 is 7.84. The largest absolute Gasteiger partial charge is 0.461 e. The summed E-state index contributed by atoms with van der Waals surface area (Å²) in [5.41, 5.74) is 3.36. The van der Waals surface area contributed by atoms with E-state index in [0.717, 1.165) is 5.69 Å². The minimum Gasteiger partial charge on any atom is -0.461 e. The van der Waals surface area contributed by atoms with Gasteiger partial charge in [0.2, 0.25) is 5.82 Å². The third kappa shape index (κ3) is 2.13.